The van der Waals surface area contributed by atoms with Gasteiger partial charge in [-0.15, -0.1) is 34.2 Å². The first-order chi connectivity index (χ1) is 14.1. The monoisotopic (exact) mass is 526 g/mol. The number of nitrogens with zero attached hydrogens (tertiary/aromatic N) is 4. The van der Waals surface area contributed by atoms with Crippen molar-refractivity contribution in [1.82, 2.24) is 25.4 Å². The second-order valence-corrected chi connectivity index (χ2v) is 8.48. The summed E-state index contributed by atoms with van der Waals surface area (Å²) in [6, 6.07) is 7.59. The number of halogens is 2. The molecule has 0 bridgehead atoms. The van der Waals surface area contributed by atoms with Crippen molar-refractivity contribution >= 4 is 29.9 Å². The highest BCUT2D eigenvalue weighted by atomic mass is 127. The molecule has 0 saturated heterocycles. The van der Waals surface area contributed by atoms with Crippen LogP contribution in [0.15, 0.2) is 29.3 Å². The van der Waals surface area contributed by atoms with Crippen molar-refractivity contribution in [3.8, 4) is 0 Å². The van der Waals surface area contributed by atoms with Crippen molar-refractivity contribution in [2.45, 2.75) is 69.9 Å². The van der Waals surface area contributed by atoms with Gasteiger partial charge in [0.15, 0.2) is 11.8 Å². The number of aryl methyl sites for hydroxylation is 1. The van der Waals surface area contributed by atoms with Gasteiger partial charge in [0.05, 0.1) is 0 Å². The minimum Gasteiger partial charge on any atom is -0.355 e. The zero-order valence-corrected chi connectivity index (χ0v) is 20.2. The molecule has 6 nitrogen and oxygen atoms in total. The summed E-state index contributed by atoms with van der Waals surface area (Å²) in [4.78, 5) is 4.79. The maximum absolute atomic E-state index is 14.3. The highest BCUT2D eigenvalue weighted by molar-refractivity contribution is 14.0. The number of rotatable bonds is 6. The van der Waals surface area contributed by atoms with Gasteiger partial charge in [-0.2, -0.15) is 0 Å². The van der Waals surface area contributed by atoms with Crippen LogP contribution in [0.25, 0.3) is 0 Å². The molecule has 164 valence electrons. The molecule has 1 heterocycles. The first kappa shape index (κ1) is 23.0. The van der Waals surface area contributed by atoms with E-state index in [1.165, 1.54) is 32.1 Å². The van der Waals surface area contributed by atoms with Crippen LogP contribution in [0.4, 0.5) is 4.39 Å². The SMILES string of the molecule is Cc1nnc(CN=C(NCC2(c3ccccc3F)CC2)NC2CCCCC2)n1C.I. The van der Waals surface area contributed by atoms with Gasteiger partial charge in [0.25, 0.3) is 0 Å². The van der Waals surface area contributed by atoms with Gasteiger partial charge >= 0.3 is 0 Å². The van der Waals surface area contributed by atoms with E-state index in [4.69, 9.17) is 4.99 Å². The van der Waals surface area contributed by atoms with Gasteiger partial charge in [0.2, 0.25) is 0 Å². The van der Waals surface area contributed by atoms with E-state index >= 15 is 0 Å². The molecule has 0 aliphatic heterocycles. The zero-order chi connectivity index (χ0) is 20.3. The van der Waals surface area contributed by atoms with Crippen molar-refractivity contribution in [1.29, 1.82) is 0 Å². The molecule has 0 unspecified atom stereocenters. The molecule has 2 aliphatic rings. The van der Waals surface area contributed by atoms with Crippen molar-refractivity contribution < 1.29 is 4.39 Å². The maximum Gasteiger partial charge on any atom is 0.191 e. The molecule has 2 aliphatic carbocycles. The second-order valence-electron chi connectivity index (χ2n) is 8.48. The fourth-order valence-corrected chi connectivity index (χ4v) is 4.17. The Morgan fingerprint density at radius 3 is 2.57 bits per heavy atom. The number of hydrogen-bond donors (Lipinski definition) is 2. The van der Waals surface area contributed by atoms with Crippen LogP contribution in [0.2, 0.25) is 0 Å². The van der Waals surface area contributed by atoms with Crippen molar-refractivity contribution in [2.75, 3.05) is 6.54 Å². The lowest BCUT2D eigenvalue weighted by atomic mass is 9.95. The Morgan fingerprint density at radius 2 is 1.93 bits per heavy atom. The molecule has 30 heavy (non-hydrogen) atoms. The molecule has 2 saturated carbocycles. The van der Waals surface area contributed by atoms with Gasteiger partial charge in [-0.3, -0.25) is 0 Å². The van der Waals surface area contributed by atoms with Crippen LogP contribution in [-0.2, 0) is 19.0 Å². The average Bonchev–Trinajstić information content (AvgIpc) is 3.46. The molecule has 0 amide bonds. The Labute approximate surface area is 195 Å². The molecule has 0 radical (unpaired) electrons. The summed E-state index contributed by atoms with van der Waals surface area (Å²) in [7, 11) is 1.96. The third kappa shape index (κ3) is 5.31. The van der Waals surface area contributed by atoms with Gasteiger partial charge in [0.1, 0.15) is 18.2 Å². The summed E-state index contributed by atoms with van der Waals surface area (Å²) in [5.41, 5.74) is 0.690. The Kier molecular flexibility index (Phi) is 7.70. The standard InChI is InChI=1S/C22H31FN6.HI/c1-16-27-28-20(29(16)2)14-24-21(26-17-8-4-3-5-9-17)25-15-22(12-13-22)18-10-6-7-11-19(18)23;/h6-7,10-11,17H,3-5,8-9,12-15H2,1-2H3,(H2,24,25,26);1H. The number of benzene rings is 1. The van der Waals surface area contributed by atoms with E-state index in [-0.39, 0.29) is 35.2 Å². The van der Waals surface area contributed by atoms with E-state index in [1.807, 2.05) is 30.7 Å². The normalized spacial score (nSPS) is 18.6. The molecule has 2 N–H and O–H groups in total. The third-order valence-corrected chi connectivity index (χ3v) is 6.40. The molecule has 0 spiro atoms. The Balaban J connectivity index is 0.00000256. The quantitative estimate of drug-likeness (QED) is 0.340. The minimum atomic E-state index is -0.123. The van der Waals surface area contributed by atoms with Gasteiger partial charge in [-0.1, -0.05) is 37.5 Å². The molecule has 4 rings (SSSR count). The van der Waals surface area contributed by atoms with E-state index < -0.39 is 0 Å². The van der Waals surface area contributed by atoms with Crippen LogP contribution >= 0.6 is 24.0 Å². The summed E-state index contributed by atoms with van der Waals surface area (Å²) in [5.74, 6) is 2.39. The smallest absolute Gasteiger partial charge is 0.191 e. The van der Waals surface area contributed by atoms with Crippen LogP contribution in [0, 0.1) is 12.7 Å². The molecular weight excluding hydrogens is 494 g/mol. The fraction of sp³-hybridized carbons (Fsp3) is 0.591. The number of hydrogen-bond acceptors (Lipinski definition) is 3. The number of guanidine groups is 1. The second kappa shape index (κ2) is 10.1. The predicted molar refractivity (Wildman–Crippen MR) is 128 cm³/mol. The Bertz CT molecular complexity index is 870. The van der Waals surface area contributed by atoms with E-state index in [2.05, 4.69) is 20.8 Å². The summed E-state index contributed by atoms with van der Waals surface area (Å²) in [6.07, 6.45) is 8.16. The maximum atomic E-state index is 14.3. The lowest BCUT2D eigenvalue weighted by molar-refractivity contribution is 0.409. The third-order valence-electron chi connectivity index (χ3n) is 6.40. The average molecular weight is 526 g/mol. The van der Waals surface area contributed by atoms with Crippen LogP contribution in [0.3, 0.4) is 0 Å². The van der Waals surface area contributed by atoms with Crippen molar-refractivity contribution in [2.24, 2.45) is 12.0 Å². The molecule has 0 atom stereocenters. The Morgan fingerprint density at radius 1 is 1.20 bits per heavy atom. The first-order valence-electron chi connectivity index (χ1n) is 10.7. The van der Waals surface area contributed by atoms with E-state index in [1.54, 1.807) is 12.1 Å². The Hall–Kier alpha value is -1.71. The minimum absolute atomic E-state index is 0. The van der Waals surface area contributed by atoms with Crippen LogP contribution < -0.4 is 10.6 Å². The van der Waals surface area contributed by atoms with Crippen molar-refractivity contribution in [3.63, 3.8) is 0 Å². The number of aliphatic imine (C=N–C) groups is 1. The lowest BCUT2D eigenvalue weighted by Gasteiger charge is -2.26. The molecule has 1 aromatic heterocycles. The van der Waals surface area contributed by atoms with E-state index in [9.17, 15) is 4.39 Å². The number of aromatic nitrogens is 3. The lowest BCUT2D eigenvalue weighted by Crippen LogP contribution is -2.46. The summed E-state index contributed by atoms with van der Waals surface area (Å²) in [6.45, 7) is 3.08. The topological polar surface area (TPSA) is 67.1 Å². The van der Waals surface area contributed by atoms with Crippen LogP contribution in [0.1, 0.15) is 62.2 Å². The summed E-state index contributed by atoms with van der Waals surface area (Å²) < 4.78 is 16.3. The van der Waals surface area contributed by atoms with Gasteiger partial charge in [-0.05, 0) is 44.2 Å². The summed E-state index contributed by atoms with van der Waals surface area (Å²) in [5, 5.41) is 15.4. The molecule has 2 aromatic rings. The summed E-state index contributed by atoms with van der Waals surface area (Å²) >= 11 is 0. The molecular formula is C22H32FIN6. The first-order valence-corrected chi connectivity index (χ1v) is 10.7. The van der Waals surface area contributed by atoms with Crippen LogP contribution in [-0.4, -0.2) is 33.3 Å². The van der Waals surface area contributed by atoms with E-state index in [0.717, 1.165) is 36.0 Å². The fourth-order valence-electron chi connectivity index (χ4n) is 4.17. The highest BCUT2D eigenvalue weighted by Gasteiger charge is 2.45. The highest BCUT2D eigenvalue weighted by Crippen LogP contribution is 2.48. The molecule has 1 aromatic carbocycles. The van der Waals surface area contributed by atoms with Gasteiger partial charge in [0, 0.05) is 25.0 Å². The molecule has 8 heteroatoms. The largest absolute Gasteiger partial charge is 0.355 e. The van der Waals surface area contributed by atoms with Gasteiger partial charge in [-0.25, -0.2) is 9.38 Å². The van der Waals surface area contributed by atoms with Crippen LogP contribution in [0.5, 0.6) is 0 Å². The van der Waals surface area contributed by atoms with Crippen molar-refractivity contribution in [3.05, 3.63) is 47.3 Å². The van der Waals surface area contributed by atoms with E-state index in [0.29, 0.717) is 19.1 Å². The zero-order valence-electron chi connectivity index (χ0n) is 17.8. The molecule has 2 fully saturated rings. The predicted octanol–water partition coefficient (Wildman–Crippen LogP) is 3.98. The van der Waals surface area contributed by atoms with Gasteiger partial charge < -0.3 is 15.2 Å². The number of nitrogens with one attached hydrogen (secondary N) is 2.